The van der Waals surface area contributed by atoms with Crippen LogP contribution in [0.25, 0.3) is 0 Å². The van der Waals surface area contributed by atoms with Crippen LogP contribution in [0.2, 0.25) is 0 Å². The number of nitrogens with two attached hydrogens (primary N) is 1. The first-order valence-corrected chi connectivity index (χ1v) is 41.4. The highest BCUT2D eigenvalue weighted by molar-refractivity contribution is 7.47. The van der Waals surface area contributed by atoms with E-state index in [1.807, 2.05) is 0 Å². The van der Waals surface area contributed by atoms with Crippen LogP contribution in [0.5, 0.6) is 0 Å². The molecule has 0 aliphatic rings. The standard InChI is InChI=1S/C89H146NO8P/c1-3-5-7-9-11-13-15-17-19-21-23-25-27-29-31-33-35-37-39-41-42-43-44-46-48-50-52-54-56-58-60-62-64-66-68-70-72-74-76-78-80-82-89(92)98-87(86-97-99(93,94)96-84-83-90)85-95-88(91)81-79-77-75-73-71-69-67-65-63-61-59-57-55-53-51-49-47-45-40-38-36-34-32-30-28-26-24-22-20-18-16-14-12-10-8-6-4-2/h5-8,11-14,17-20,23-26,29-32,35-38,41-42,44-47,51,53,87H,3-4,9-10,15-16,21-22,27-28,33-34,39-40,43,48-50,52,54-86,90H2,1-2H3,(H,93,94)/b7-5-,8-6-,13-11-,14-12-,19-17-,20-18-,25-23-,26-24-,31-29-,32-30-,37-35-,38-36-,42-41-,46-44-,47-45-,53-51-. The van der Waals surface area contributed by atoms with Crippen LogP contribution in [0.1, 0.15) is 322 Å². The van der Waals surface area contributed by atoms with E-state index in [-0.39, 0.29) is 38.6 Å². The van der Waals surface area contributed by atoms with Gasteiger partial charge in [0.05, 0.1) is 13.2 Å². The van der Waals surface area contributed by atoms with E-state index in [1.54, 1.807) is 0 Å². The van der Waals surface area contributed by atoms with Crippen LogP contribution in [0.4, 0.5) is 0 Å². The van der Waals surface area contributed by atoms with Crippen LogP contribution in [0, 0.1) is 0 Å². The summed E-state index contributed by atoms with van der Waals surface area (Å²) >= 11 is 0. The molecule has 0 saturated carbocycles. The average Bonchev–Trinajstić information content (AvgIpc) is 1.19. The number of phosphoric ester groups is 1. The van der Waals surface area contributed by atoms with Crippen molar-refractivity contribution in [3.05, 3.63) is 194 Å². The van der Waals surface area contributed by atoms with Crippen LogP contribution in [-0.2, 0) is 32.7 Å². The summed E-state index contributed by atoms with van der Waals surface area (Å²) in [5, 5.41) is 0. The quantitative estimate of drug-likeness (QED) is 0.0264. The maximum absolute atomic E-state index is 12.8. The monoisotopic (exact) mass is 1390 g/mol. The first-order chi connectivity index (χ1) is 48.8. The van der Waals surface area contributed by atoms with Crippen molar-refractivity contribution in [3.8, 4) is 0 Å². The van der Waals surface area contributed by atoms with Gasteiger partial charge in [0.15, 0.2) is 6.10 Å². The third-order valence-corrected chi connectivity index (χ3v) is 17.5. The number of esters is 2. The van der Waals surface area contributed by atoms with Crippen molar-refractivity contribution in [2.45, 2.75) is 328 Å². The summed E-state index contributed by atoms with van der Waals surface area (Å²) in [7, 11) is -4.41. The van der Waals surface area contributed by atoms with Crippen LogP contribution in [0.3, 0.4) is 0 Å². The van der Waals surface area contributed by atoms with E-state index in [9.17, 15) is 19.0 Å². The van der Waals surface area contributed by atoms with Gasteiger partial charge in [0.2, 0.25) is 0 Å². The molecule has 0 rings (SSSR count). The second-order valence-corrected chi connectivity index (χ2v) is 27.3. The van der Waals surface area contributed by atoms with Gasteiger partial charge in [-0.05, 0) is 141 Å². The highest BCUT2D eigenvalue weighted by atomic mass is 31.2. The molecule has 0 heterocycles. The Morgan fingerprint density at radius 3 is 0.778 bits per heavy atom. The molecule has 0 bridgehead atoms. The Kier molecular flexibility index (Phi) is 77.6. The number of carbonyl (C=O) groups is 2. The second-order valence-electron chi connectivity index (χ2n) is 25.8. The SMILES string of the molecule is CC/C=C\C/C=C\C/C=C\C/C=C\C/C=C\C/C=C\C/C=C\C/C=C\CCCCCCCCCCCCCCCCCCC(=O)OC(COC(=O)CCCCCCCCCCCCCC/C=C\C/C=C\C/C=C\C/C=C\C/C=C\C/C=C\C/C=C\C/C=C\CC)COP(=O)(O)OCCN. The number of unbranched alkanes of at least 4 members (excludes halogenated alkanes) is 28. The minimum Gasteiger partial charge on any atom is -0.462 e. The maximum atomic E-state index is 12.8. The second kappa shape index (κ2) is 81.8. The molecule has 0 fully saturated rings. The first kappa shape index (κ1) is 93.8. The van der Waals surface area contributed by atoms with E-state index in [1.165, 1.54) is 141 Å². The molecule has 99 heavy (non-hydrogen) atoms. The molecular formula is C89H146NO8P. The van der Waals surface area contributed by atoms with E-state index in [4.69, 9.17) is 24.3 Å². The van der Waals surface area contributed by atoms with E-state index in [0.717, 1.165) is 148 Å². The van der Waals surface area contributed by atoms with E-state index in [0.29, 0.717) is 6.42 Å². The predicted molar refractivity (Wildman–Crippen MR) is 431 cm³/mol. The Labute approximate surface area is 608 Å². The lowest BCUT2D eigenvalue weighted by atomic mass is 10.0. The normalized spacial score (nSPS) is 13.9. The summed E-state index contributed by atoms with van der Waals surface area (Å²) in [6.07, 6.45) is 124. The summed E-state index contributed by atoms with van der Waals surface area (Å²) in [4.78, 5) is 35.5. The van der Waals surface area contributed by atoms with Crippen molar-refractivity contribution < 1.29 is 37.6 Å². The zero-order valence-electron chi connectivity index (χ0n) is 63.2. The molecule has 0 radical (unpaired) electrons. The Hall–Kier alpha value is -5.15. The van der Waals surface area contributed by atoms with Crippen LogP contribution in [-0.4, -0.2) is 49.3 Å². The number of hydrogen-bond acceptors (Lipinski definition) is 8. The highest BCUT2D eigenvalue weighted by Gasteiger charge is 2.26. The summed E-state index contributed by atoms with van der Waals surface area (Å²) < 4.78 is 33.3. The van der Waals surface area contributed by atoms with Crippen molar-refractivity contribution in [2.24, 2.45) is 5.73 Å². The minimum absolute atomic E-state index is 0.0463. The molecule has 0 aliphatic heterocycles. The highest BCUT2D eigenvalue weighted by Crippen LogP contribution is 2.43. The van der Waals surface area contributed by atoms with E-state index < -0.39 is 26.5 Å². The van der Waals surface area contributed by atoms with Crippen molar-refractivity contribution in [2.75, 3.05) is 26.4 Å². The summed E-state index contributed by atoms with van der Waals surface area (Å²) in [5.41, 5.74) is 5.42. The molecule has 0 aromatic rings. The molecular weight excluding hydrogens is 1240 g/mol. The number of ether oxygens (including phenoxy) is 2. The molecule has 3 N–H and O–H groups in total. The molecule has 560 valence electrons. The lowest BCUT2D eigenvalue weighted by molar-refractivity contribution is -0.161. The third-order valence-electron chi connectivity index (χ3n) is 16.5. The Morgan fingerprint density at radius 1 is 0.303 bits per heavy atom. The topological polar surface area (TPSA) is 134 Å². The summed E-state index contributed by atoms with van der Waals surface area (Å²) in [6, 6.07) is 0. The third kappa shape index (κ3) is 81.7. The molecule has 0 aromatic heterocycles. The lowest BCUT2D eigenvalue weighted by Gasteiger charge is -2.19. The number of phosphoric acid groups is 1. The van der Waals surface area contributed by atoms with Crippen LogP contribution < -0.4 is 5.73 Å². The zero-order chi connectivity index (χ0) is 71.5. The van der Waals surface area contributed by atoms with Gasteiger partial charge in [0.25, 0.3) is 0 Å². The molecule has 2 atom stereocenters. The van der Waals surface area contributed by atoms with Gasteiger partial charge in [-0.1, -0.05) is 362 Å². The van der Waals surface area contributed by atoms with Crippen molar-refractivity contribution in [1.82, 2.24) is 0 Å². The Balaban J connectivity index is 3.88. The fourth-order valence-corrected chi connectivity index (χ4v) is 11.4. The predicted octanol–water partition coefficient (Wildman–Crippen LogP) is 27.2. The summed E-state index contributed by atoms with van der Waals surface area (Å²) in [6.45, 7) is 3.52. The fraction of sp³-hybridized carbons (Fsp3) is 0.618. The van der Waals surface area contributed by atoms with E-state index in [2.05, 4.69) is 208 Å². The molecule has 0 aliphatic carbocycles. The maximum Gasteiger partial charge on any atom is 0.472 e. The molecule has 0 spiro atoms. The van der Waals surface area contributed by atoms with Gasteiger partial charge in [0.1, 0.15) is 6.61 Å². The van der Waals surface area contributed by atoms with Crippen LogP contribution in [0.15, 0.2) is 194 Å². The number of carbonyl (C=O) groups excluding carboxylic acids is 2. The zero-order valence-corrected chi connectivity index (χ0v) is 64.0. The largest absolute Gasteiger partial charge is 0.472 e. The lowest BCUT2D eigenvalue weighted by Crippen LogP contribution is -2.29. The summed E-state index contributed by atoms with van der Waals surface area (Å²) in [5.74, 6) is -0.831. The molecule has 2 unspecified atom stereocenters. The van der Waals surface area contributed by atoms with Gasteiger partial charge in [-0.3, -0.25) is 18.6 Å². The van der Waals surface area contributed by atoms with Crippen LogP contribution >= 0.6 is 7.82 Å². The number of rotatable bonds is 73. The molecule has 0 saturated heterocycles. The van der Waals surface area contributed by atoms with Gasteiger partial charge < -0.3 is 20.1 Å². The number of hydrogen-bond donors (Lipinski definition) is 2. The number of allylic oxidation sites excluding steroid dienone is 32. The van der Waals surface area contributed by atoms with Gasteiger partial charge >= 0.3 is 19.8 Å². The molecule has 0 aromatic carbocycles. The van der Waals surface area contributed by atoms with E-state index >= 15 is 0 Å². The van der Waals surface area contributed by atoms with Gasteiger partial charge in [-0.2, -0.15) is 0 Å². The fourth-order valence-electron chi connectivity index (χ4n) is 10.7. The minimum atomic E-state index is -4.41. The smallest absolute Gasteiger partial charge is 0.462 e. The molecule has 9 nitrogen and oxygen atoms in total. The van der Waals surface area contributed by atoms with Gasteiger partial charge in [0, 0.05) is 19.4 Å². The molecule has 10 heteroatoms. The van der Waals surface area contributed by atoms with Crippen molar-refractivity contribution in [1.29, 1.82) is 0 Å². The Morgan fingerprint density at radius 2 is 0.525 bits per heavy atom. The first-order valence-electron chi connectivity index (χ1n) is 39.9. The average molecular weight is 1390 g/mol. The van der Waals surface area contributed by atoms with Crippen molar-refractivity contribution in [3.63, 3.8) is 0 Å². The molecule has 0 amide bonds. The Bertz CT molecular complexity index is 2340. The van der Waals surface area contributed by atoms with Gasteiger partial charge in [-0.25, -0.2) is 4.57 Å². The van der Waals surface area contributed by atoms with Crippen molar-refractivity contribution >= 4 is 19.8 Å². The van der Waals surface area contributed by atoms with Gasteiger partial charge in [-0.15, -0.1) is 0 Å².